The second-order valence-electron chi connectivity index (χ2n) is 2.47. The zero-order valence-electron chi connectivity index (χ0n) is 6.53. The first kappa shape index (κ1) is 7.97. The van der Waals surface area contributed by atoms with Gasteiger partial charge in [0.25, 0.3) is 0 Å². The van der Waals surface area contributed by atoms with Crippen LogP contribution in [-0.4, -0.2) is 0 Å². The molecule has 0 saturated heterocycles. The van der Waals surface area contributed by atoms with Crippen LogP contribution >= 0.6 is 19.9 Å². The van der Waals surface area contributed by atoms with Crippen LogP contribution in [0.4, 0.5) is 0 Å². The molecule has 1 aromatic heterocycles. The van der Waals surface area contributed by atoms with E-state index in [1.165, 1.54) is 9.92 Å². The fourth-order valence-corrected chi connectivity index (χ4v) is 3.09. The van der Waals surface area contributed by atoms with Gasteiger partial charge in [0.15, 0.2) is 0 Å². The van der Waals surface area contributed by atoms with E-state index >= 15 is 0 Å². The molecule has 0 amide bonds. The van der Waals surface area contributed by atoms with Gasteiger partial charge in [0, 0.05) is 4.62 Å². The van der Waals surface area contributed by atoms with Crippen LogP contribution in [0, 0.1) is 0 Å². The minimum atomic E-state index is 0.820. The number of rotatable bonds is 2. The highest BCUT2D eigenvalue weighted by Crippen LogP contribution is 2.13. The Hall–Kier alpha value is -0.650. The Morgan fingerprint density at radius 2 is 1.75 bits per heavy atom. The average molecular weight is 192 g/mol. The Morgan fingerprint density at radius 3 is 2.42 bits per heavy atom. The van der Waals surface area contributed by atoms with Gasteiger partial charge in [-0.2, -0.15) is 0 Å². The molecule has 2 heteroatoms. The quantitative estimate of drug-likeness (QED) is 0.641. The zero-order chi connectivity index (χ0) is 8.23. The number of hydrogen-bond donors (Lipinski definition) is 0. The molecule has 1 heterocycles. The van der Waals surface area contributed by atoms with Crippen LogP contribution in [0.25, 0.3) is 0 Å². The highest BCUT2D eigenvalue weighted by Gasteiger charge is 1.94. The maximum atomic E-state index is 2.19. The molecule has 0 N–H and O–H groups in total. The van der Waals surface area contributed by atoms with Gasteiger partial charge < -0.3 is 0 Å². The van der Waals surface area contributed by atoms with Crippen molar-refractivity contribution in [3.8, 4) is 0 Å². The van der Waals surface area contributed by atoms with Crippen molar-refractivity contribution in [1.29, 1.82) is 0 Å². The van der Waals surface area contributed by atoms with Crippen molar-refractivity contribution in [2.75, 3.05) is 0 Å². The number of hydrogen-bond acceptors (Lipinski definition) is 1. The van der Waals surface area contributed by atoms with Gasteiger partial charge >= 0.3 is 0 Å². The van der Waals surface area contributed by atoms with Crippen molar-refractivity contribution in [3.63, 3.8) is 0 Å². The molecule has 0 radical (unpaired) electrons. The van der Waals surface area contributed by atoms with Crippen LogP contribution in [0.2, 0.25) is 0 Å². The van der Waals surface area contributed by atoms with E-state index in [1.807, 2.05) is 11.3 Å². The summed E-state index contributed by atoms with van der Waals surface area (Å²) in [5.41, 5.74) is 0. The normalized spacial score (nSPS) is 11.0. The molecule has 0 bridgehead atoms. The molecule has 60 valence electrons. The summed E-state index contributed by atoms with van der Waals surface area (Å²) in [6, 6.07) is 14.9. The van der Waals surface area contributed by atoms with Gasteiger partial charge in [-0.05, 0) is 25.3 Å². The summed E-state index contributed by atoms with van der Waals surface area (Å²) in [5, 5.41) is 3.55. The molecule has 0 saturated carbocycles. The van der Waals surface area contributed by atoms with E-state index in [0.29, 0.717) is 0 Å². The van der Waals surface area contributed by atoms with Gasteiger partial charge in [-0.1, -0.05) is 36.4 Å². The van der Waals surface area contributed by atoms with Crippen LogP contribution in [0.15, 0.2) is 47.8 Å². The second-order valence-corrected chi connectivity index (χ2v) is 5.14. The molecule has 12 heavy (non-hydrogen) atoms. The van der Waals surface area contributed by atoms with Crippen LogP contribution in [0.1, 0.15) is 0 Å². The fourth-order valence-electron chi connectivity index (χ4n) is 1.01. The van der Waals surface area contributed by atoms with E-state index in [1.54, 1.807) is 0 Å². The predicted molar refractivity (Wildman–Crippen MR) is 58.3 cm³/mol. The van der Waals surface area contributed by atoms with Crippen molar-refractivity contribution < 1.29 is 0 Å². The van der Waals surface area contributed by atoms with Crippen molar-refractivity contribution >= 4 is 29.8 Å². The lowest BCUT2D eigenvalue weighted by Crippen LogP contribution is -1.97. The average Bonchev–Trinajstić information content (AvgIpc) is 2.59. The van der Waals surface area contributed by atoms with E-state index in [9.17, 15) is 0 Å². The van der Waals surface area contributed by atoms with Crippen molar-refractivity contribution in [1.82, 2.24) is 0 Å². The van der Waals surface area contributed by atoms with Gasteiger partial charge in [-0.15, -0.1) is 11.3 Å². The smallest absolute Gasteiger partial charge is 0.0292 e. The Labute approximate surface area is 78.0 Å². The molecule has 1 unspecified atom stereocenters. The molecule has 0 fully saturated rings. The first-order valence-electron chi connectivity index (χ1n) is 3.81. The molecule has 0 spiro atoms. The first-order valence-corrected chi connectivity index (χ1v) is 5.69. The third kappa shape index (κ3) is 1.94. The largest absolute Gasteiger partial charge is 0.144 e. The van der Waals surface area contributed by atoms with Crippen molar-refractivity contribution in [3.05, 3.63) is 47.8 Å². The van der Waals surface area contributed by atoms with Gasteiger partial charge in [0.2, 0.25) is 0 Å². The Kier molecular flexibility index (Phi) is 2.55. The summed E-state index contributed by atoms with van der Waals surface area (Å²) < 4.78 is 1.46. The molecule has 2 aromatic rings. The molecule has 0 aliphatic carbocycles. The van der Waals surface area contributed by atoms with Crippen LogP contribution in [0.5, 0.6) is 0 Å². The molecule has 0 aliphatic rings. The summed E-state index contributed by atoms with van der Waals surface area (Å²) >= 11 is 1.83. The van der Waals surface area contributed by atoms with Crippen LogP contribution < -0.4 is 9.92 Å². The molecular formula is C10H9PS. The molecule has 2 rings (SSSR count). The van der Waals surface area contributed by atoms with E-state index in [-0.39, 0.29) is 0 Å². The summed E-state index contributed by atoms with van der Waals surface area (Å²) in [5.74, 6) is 0. The Balaban J connectivity index is 2.15. The minimum Gasteiger partial charge on any atom is -0.144 e. The van der Waals surface area contributed by atoms with Gasteiger partial charge in [0.1, 0.15) is 0 Å². The minimum absolute atomic E-state index is 0.820. The highest BCUT2D eigenvalue weighted by atomic mass is 32.1. The van der Waals surface area contributed by atoms with Gasteiger partial charge in [-0.25, -0.2) is 0 Å². The second kappa shape index (κ2) is 3.84. The standard InChI is InChI=1S/C10H9PS/c1-2-5-9(6-3-1)11-10-7-4-8-12-10/h1-8,11H. The highest BCUT2D eigenvalue weighted by molar-refractivity contribution is 7.62. The summed E-state index contributed by atoms with van der Waals surface area (Å²) in [6.45, 7) is 0. The van der Waals surface area contributed by atoms with Gasteiger partial charge in [0.05, 0.1) is 0 Å². The van der Waals surface area contributed by atoms with Gasteiger partial charge in [-0.3, -0.25) is 0 Å². The third-order valence-corrected chi connectivity index (χ3v) is 3.94. The maximum Gasteiger partial charge on any atom is 0.0292 e. The van der Waals surface area contributed by atoms with E-state index in [2.05, 4.69) is 47.8 Å². The summed E-state index contributed by atoms with van der Waals surface area (Å²) in [6.07, 6.45) is 0. The topological polar surface area (TPSA) is 0 Å². The Bertz CT molecular complexity index is 326. The van der Waals surface area contributed by atoms with Crippen molar-refractivity contribution in [2.24, 2.45) is 0 Å². The Morgan fingerprint density at radius 1 is 0.917 bits per heavy atom. The van der Waals surface area contributed by atoms with E-state index < -0.39 is 0 Å². The fraction of sp³-hybridized carbons (Fsp3) is 0. The zero-order valence-corrected chi connectivity index (χ0v) is 8.34. The summed E-state index contributed by atoms with van der Waals surface area (Å²) in [7, 11) is 0.820. The lowest BCUT2D eigenvalue weighted by atomic mass is 10.4. The lowest BCUT2D eigenvalue weighted by molar-refractivity contribution is 1.78. The van der Waals surface area contributed by atoms with Crippen molar-refractivity contribution in [2.45, 2.75) is 0 Å². The van der Waals surface area contributed by atoms with E-state index in [4.69, 9.17) is 0 Å². The van der Waals surface area contributed by atoms with E-state index in [0.717, 1.165) is 8.58 Å². The monoisotopic (exact) mass is 192 g/mol. The molecule has 1 aromatic carbocycles. The van der Waals surface area contributed by atoms with Crippen LogP contribution in [-0.2, 0) is 0 Å². The molecule has 0 nitrogen and oxygen atoms in total. The number of thiophene rings is 1. The van der Waals surface area contributed by atoms with Crippen LogP contribution in [0.3, 0.4) is 0 Å². The third-order valence-electron chi connectivity index (χ3n) is 1.56. The predicted octanol–water partition coefficient (Wildman–Crippen LogP) is 2.38. The molecule has 1 atom stereocenters. The summed E-state index contributed by atoms with van der Waals surface area (Å²) in [4.78, 5) is 0. The molecular weight excluding hydrogens is 183 g/mol. The maximum absolute atomic E-state index is 2.19. The SMILES string of the molecule is c1ccc(Pc2cccs2)cc1. The lowest BCUT2D eigenvalue weighted by Gasteiger charge is -1.96. The number of benzene rings is 1. The first-order chi connectivity index (χ1) is 5.95. The molecule has 0 aliphatic heterocycles.